The molecule has 1 amide bonds. The predicted molar refractivity (Wildman–Crippen MR) is 115 cm³/mol. The third kappa shape index (κ3) is 4.58. The first-order valence-electron chi connectivity index (χ1n) is 10.1. The van der Waals surface area contributed by atoms with E-state index < -0.39 is 0 Å². The van der Waals surface area contributed by atoms with Crippen LogP contribution in [0.2, 0.25) is 0 Å². The number of carbonyl (C=O) groups excluding carboxylic acids is 1. The summed E-state index contributed by atoms with van der Waals surface area (Å²) in [6.07, 6.45) is 4.36. The lowest BCUT2D eigenvalue weighted by Crippen LogP contribution is -2.30. The Balaban J connectivity index is 1.47. The molecule has 3 aromatic rings. The number of hydrogen-bond donors (Lipinski definition) is 1. The summed E-state index contributed by atoms with van der Waals surface area (Å²) in [6, 6.07) is 10.6. The number of methoxy groups -OCH3 is 2. The van der Waals surface area contributed by atoms with Crippen LogP contribution < -0.4 is 15.0 Å². The normalized spacial score (nSPS) is 15.7. The summed E-state index contributed by atoms with van der Waals surface area (Å²) in [5.74, 6) is 1.81. The van der Waals surface area contributed by atoms with Crippen LogP contribution in [0.15, 0.2) is 53.6 Å². The SMILES string of the molecule is COc1ccc(CC(=O)N2CCC(c3cc(=O)[nH]c(-c4ccncc4)n3)C2)cc1OC. The number of pyridine rings is 1. The standard InChI is InChI=1S/C23H24N4O4/c1-30-19-4-3-15(11-20(19)31-2)12-22(29)27-10-7-17(14-27)18-13-21(28)26-23(25-18)16-5-8-24-9-6-16/h3-6,8-9,11,13,17H,7,10,12,14H2,1-2H3,(H,25,26,28). The largest absolute Gasteiger partial charge is 0.493 e. The number of amides is 1. The molecule has 0 radical (unpaired) electrons. The van der Waals surface area contributed by atoms with Crippen LogP contribution in [-0.4, -0.2) is 53.1 Å². The minimum Gasteiger partial charge on any atom is -0.493 e. The second-order valence-corrected chi connectivity index (χ2v) is 7.45. The Hall–Kier alpha value is -3.68. The molecule has 8 heteroatoms. The molecule has 1 unspecified atom stereocenters. The lowest BCUT2D eigenvalue weighted by Gasteiger charge is -2.17. The van der Waals surface area contributed by atoms with Crippen molar-refractivity contribution in [2.75, 3.05) is 27.3 Å². The van der Waals surface area contributed by atoms with Crippen LogP contribution in [0, 0.1) is 0 Å². The molecule has 1 N–H and O–H groups in total. The zero-order valence-corrected chi connectivity index (χ0v) is 17.5. The van der Waals surface area contributed by atoms with Gasteiger partial charge in [-0.15, -0.1) is 0 Å². The number of rotatable bonds is 6. The molecule has 0 spiro atoms. The Labute approximate surface area is 179 Å². The molecular formula is C23H24N4O4. The number of aromatic amines is 1. The Kier molecular flexibility index (Phi) is 5.97. The van der Waals surface area contributed by atoms with E-state index in [1.165, 1.54) is 6.07 Å². The number of likely N-dealkylation sites (tertiary alicyclic amines) is 1. The first kappa shape index (κ1) is 20.6. The summed E-state index contributed by atoms with van der Waals surface area (Å²) in [5, 5.41) is 0. The van der Waals surface area contributed by atoms with Crippen molar-refractivity contribution in [1.29, 1.82) is 0 Å². The second kappa shape index (κ2) is 8.99. The maximum atomic E-state index is 12.9. The van der Waals surface area contributed by atoms with Crippen molar-refractivity contribution in [3.63, 3.8) is 0 Å². The molecule has 1 aromatic carbocycles. The van der Waals surface area contributed by atoms with Crippen LogP contribution in [0.25, 0.3) is 11.4 Å². The zero-order chi connectivity index (χ0) is 21.8. The summed E-state index contributed by atoms with van der Waals surface area (Å²) in [5.41, 5.74) is 2.16. The van der Waals surface area contributed by atoms with E-state index in [9.17, 15) is 9.59 Å². The summed E-state index contributed by atoms with van der Waals surface area (Å²) >= 11 is 0. The predicted octanol–water partition coefficient (Wildman–Crippen LogP) is 2.41. The number of benzene rings is 1. The van der Waals surface area contributed by atoms with Crippen molar-refractivity contribution in [2.45, 2.75) is 18.8 Å². The highest BCUT2D eigenvalue weighted by molar-refractivity contribution is 5.79. The minimum absolute atomic E-state index is 0.0252. The van der Waals surface area contributed by atoms with Crippen molar-refractivity contribution in [2.24, 2.45) is 0 Å². The average molecular weight is 420 g/mol. The van der Waals surface area contributed by atoms with E-state index in [1.807, 2.05) is 17.0 Å². The lowest BCUT2D eigenvalue weighted by molar-refractivity contribution is -0.129. The molecule has 4 rings (SSSR count). The van der Waals surface area contributed by atoms with Gasteiger partial charge in [-0.2, -0.15) is 0 Å². The van der Waals surface area contributed by atoms with Gasteiger partial charge in [-0.25, -0.2) is 4.98 Å². The van der Waals surface area contributed by atoms with Gasteiger partial charge < -0.3 is 19.4 Å². The fourth-order valence-electron chi connectivity index (χ4n) is 3.84. The summed E-state index contributed by atoms with van der Waals surface area (Å²) in [4.78, 5) is 38.3. The number of aromatic nitrogens is 3. The molecule has 1 fully saturated rings. The van der Waals surface area contributed by atoms with Gasteiger partial charge in [0.1, 0.15) is 5.82 Å². The molecule has 0 saturated carbocycles. The van der Waals surface area contributed by atoms with E-state index in [2.05, 4.69) is 15.0 Å². The Morgan fingerprint density at radius 3 is 2.65 bits per heavy atom. The molecule has 31 heavy (non-hydrogen) atoms. The number of H-pyrrole nitrogens is 1. The van der Waals surface area contributed by atoms with Gasteiger partial charge in [0, 0.05) is 43.0 Å². The van der Waals surface area contributed by atoms with Gasteiger partial charge in [0.15, 0.2) is 11.5 Å². The van der Waals surface area contributed by atoms with Gasteiger partial charge >= 0.3 is 0 Å². The molecule has 160 valence electrons. The minimum atomic E-state index is -0.202. The van der Waals surface area contributed by atoms with E-state index in [0.717, 1.165) is 17.5 Å². The lowest BCUT2D eigenvalue weighted by atomic mass is 10.0. The fourth-order valence-corrected chi connectivity index (χ4v) is 3.84. The van der Waals surface area contributed by atoms with Crippen LogP contribution in [0.4, 0.5) is 0 Å². The topological polar surface area (TPSA) is 97.4 Å². The van der Waals surface area contributed by atoms with Gasteiger partial charge in [-0.1, -0.05) is 6.07 Å². The Morgan fingerprint density at radius 2 is 1.90 bits per heavy atom. The third-order valence-corrected chi connectivity index (χ3v) is 5.48. The highest BCUT2D eigenvalue weighted by atomic mass is 16.5. The highest BCUT2D eigenvalue weighted by Crippen LogP contribution is 2.29. The average Bonchev–Trinajstić information content (AvgIpc) is 3.30. The van der Waals surface area contributed by atoms with Crippen LogP contribution in [0.1, 0.15) is 23.6 Å². The van der Waals surface area contributed by atoms with Crippen molar-refractivity contribution < 1.29 is 14.3 Å². The first-order valence-corrected chi connectivity index (χ1v) is 10.1. The van der Waals surface area contributed by atoms with E-state index >= 15 is 0 Å². The quantitative estimate of drug-likeness (QED) is 0.658. The van der Waals surface area contributed by atoms with E-state index in [4.69, 9.17) is 9.47 Å². The van der Waals surface area contributed by atoms with E-state index in [-0.39, 0.29) is 23.8 Å². The van der Waals surface area contributed by atoms with Crippen molar-refractivity contribution in [1.82, 2.24) is 19.9 Å². The molecule has 2 aromatic heterocycles. The van der Waals surface area contributed by atoms with E-state index in [1.54, 1.807) is 44.8 Å². The smallest absolute Gasteiger partial charge is 0.251 e. The summed E-state index contributed by atoms with van der Waals surface area (Å²) in [6.45, 7) is 1.17. The number of hydrogen-bond acceptors (Lipinski definition) is 6. The molecule has 1 atom stereocenters. The van der Waals surface area contributed by atoms with Gasteiger partial charge in [0.25, 0.3) is 5.56 Å². The second-order valence-electron chi connectivity index (χ2n) is 7.45. The highest BCUT2D eigenvalue weighted by Gasteiger charge is 2.29. The molecule has 8 nitrogen and oxygen atoms in total. The number of nitrogens with one attached hydrogen (secondary N) is 1. The monoisotopic (exact) mass is 420 g/mol. The van der Waals surface area contributed by atoms with Crippen LogP contribution in [0.5, 0.6) is 11.5 Å². The van der Waals surface area contributed by atoms with Gasteiger partial charge in [-0.05, 0) is 36.2 Å². The molecule has 1 aliphatic rings. The van der Waals surface area contributed by atoms with Gasteiger partial charge in [0.05, 0.1) is 26.3 Å². The van der Waals surface area contributed by atoms with Gasteiger partial charge in [0.2, 0.25) is 5.91 Å². The number of nitrogens with zero attached hydrogens (tertiary/aromatic N) is 3. The maximum Gasteiger partial charge on any atom is 0.251 e. The molecular weight excluding hydrogens is 396 g/mol. The van der Waals surface area contributed by atoms with E-state index in [0.29, 0.717) is 36.1 Å². The van der Waals surface area contributed by atoms with Crippen LogP contribution in [-0.2, 0) is 11.2 Å². The third-order valence-electron chi connectivity index (χ3n) is 5.48. The Morgan fingerprint density at radius 1 is 1.13 bits per heavy atom. The number of carbonyl (C=O) groups is 1. The summed E-state index contributed by atoms with van der Waals surface area (Å²) in [7, 11) is 3.15. The summed E-state index contributed by atoms with van der Waals surface area (Å²) < 4.78 is 10.6. The fraction of sp³-hybridized carbons (Fsp3) is 0.304. The van der Waals surface area contributed by atoms with Crippen LogP contribution in [0.3, 0.4) is 0 Å². The molecule has 3 heterocycles. The zero-order valence-electron chi connectivity index (χ0n) is 17.5. The molecule has 1 saturated heterocycles. The van der Waals surface area contributed by atoms with Crippen molar-refractivity contribution >= 4 is 5.91 Å². The van der Waals surface area contributed by atoms with Gasteiger partial charge in [-0.3, -0.25) is 14.6 Å². The van der Waals surface area contributed by atoms with Crippen molar-refractivity contribution in [3.05, 3.63) is 70.4 Å². The molecule has 0 aliphatic carbocycles. The number of ether oxygens (including phenoxy) is 2. The van der Waals surface area contributed by atoms with Crippen molar-refractivity contribution in [3.8, 4) is 22.9 Å². The first-order chi connectivity index (χ1) is 15.1. The molecule has 1 aliphatic heterocycles. The Bertz CT molecular complexity index is 1130. The van der Waals surface area contributed by atoms with Crippen LogP contribution >= 0.6 is 0 Å². The maximum absolute atomic E-state index is 12.9. The molecule has 0 bridgehead atoms.